The van der Waals surface area contributed by atoms with Gasteiger partial charge in [0.25, 0.3) is 0 Å². The summed E-state index contributed by atoms with van der Waals surface area (Å²) < 4.78 is 39.4. The molecule has 2 aliphatic rings. The second-order valence-electron chi connectivity index (χ2n) is 6.84. The van der Waals surface area contributed by atoms with Crippen LogP contribution in [-0.2, 0) is 6.18 Å². The molecule has 0 aromatic carbocycles. The average molecular weight is 361 g/mol. The molecule has 4 atom stereocenters. The number of aromatic nitrogens is 1. The molecule has 0 aliphatic carbocycles. The minimum Gasteiger partial charge on any atom is -0.389 e. The number of halogens is 3. The van der Waals surface area contributed by atoms with Crippen LogP contribution in [0.25, 0.3) is 0 Å². The van der Waals surface area contributed by atoms with Gasteiger partial charge in [0.15, 0.2) is 0 Å². The van der Waals surface area contributed by atoms with E-state index in [-0.39, 0.29) is 24.7 Å². The van der Waals surface area contributed by atoms with E-state index in [4.69, 9.17) is 0 Å². The highest BCUT2D eigenvalue weighted by atomic mass is 19.4. The second-order valence-corrected chi connectivity index (χ2v) is 6.84. The minimum absolute atomic E-state index is 0.129. The molecule has 9 heteroatoms. The zero-order chi connectivity index (χ0) is 18.2. The average Bonchev–Trinajstić information content (AvgIpc) is 3.00. The largest absolute Gasteiger partial charge is 0.419 e. The van der Waals surface area contributed by atoms with Crippen LogP contribution in [0.1, 0.15) is 12.0 Å². The maximum absolute atomic E-state index is 13.1. The van der Waals surface area contributed by atoms with Crippen molar-refractivity contribution >= 4 is 5.69 Å². The van der Waals surface area contributed by atoms with Gasteiger partial charge in [-0.25, -0.2) is 0 Å². The Balaban J connectivity index is 1.63. The zero-order valence-electron chi connectivity index (χ0n) is 13.6. The molecule has 3 heterocycles. The number of rotatable bonds is 3. The summed E-state index contributed by atoms with van der Waals surface area (Å²) in [6, 6.07) is 1.38. The first-order valence-corrected chi connectivity index (χ1v) is 8.28. The summed E-state index contributed by atoms with van der Waals surface area (Å²) in [6.45, 7) is 2.04. The Morgan fingerprint density at radius 1 is 1.12 bits per heavy atom. The number of piperidine rings is 1. The number of hydrogen-bond donors (Lipinski definition) is 3. The van der Waals surface area contributed by atoms with Gasteiger partial charge in [-0.2, -0.15) is 13.2 Å². The van der Waals surface area contributed by atoms with Crippen molar-refractivity contribution < 1.29 is 28.5 Å². The Bertz CT molecular complexity index is 589. The molecule has 1 aromatic rings. The Morgan fingerprint density at radius 2 is 1.80 bits per heavy atom. The summed E-state index contributed by atoms with van der Waals surface area (Å²) >= 11 is 0. The highest BCUT2D eigenvalue weighted by Crippen LogP contribution is 2.37. The lowest BCUT2D eigenvalue weighted by Gasteiger charge is -2.38. The molecule has 3 rings (SSSR count). The van der Waals surface area contributed by atoms with Crippen molar-refractivity contribution in [3.8, 4) is 0 Å². The molecule has 3 N–H and O–H groups in total. The number of β-amino-alcohol motifs (C(OH)–C–C–N with tert-alkyl or cyclic N) is 2. The van der Waals surface area contributed by atoms with E-state index < -0.39 is 30.1 Å². The Labute approximate surface area is 143 Å². The summed E-state index contributed by atoms with van der Waals surface area (Å²) in [4.78, 5) is 7.15. The Hall–Kier alpha value is -1.42. The van der Waals surface area contributed by atoms with Gasteiger partial charge in [-0.1, -0.05) is 0 Å². The summed E-state index contributed by atoms with van der Waals surface area (Å²) in [7, 11) is 0. The van der Waals surface area contributed by atoms with Crippen molar-refractivity contribution in [1.82, 2.24) is 9.88 Å². The summed E-state index contributed by atoms with van der Waals surface area (Å²) in [6.07, 6.45) is -4.69. The van der Waals surface area contributed by atoms with E-state index in [9.17, 15) is 28.5 Å². The predicted molar refractivity (Wildman–Crippen MR) is 84.0 cm³/mol. The summed E-state index contributed by atoms with van der Waals surface area (Å²) in [5, 5.41) is 29.1. The number of likely N-dealkylation sites (tertiary alicyclic amines) is 1. The lowest BCUT2D eigenvalue weighted by atomic mass is 10.00. The summed E-state index contributed by atoms with van der Waals surface area (Å²) in [5.41, 5.74) is -0.596. The third-order valence-electron chi connectivity index (χ3n) is 4.93. The molecular formula is C16H22F3N3O3. The molecular weight excluding hydrogens is 339 g/mol. The van der Waals surface area contributed by atoms with E-state index >= 15 is 0 Å². The standard InChI is InChI=1S/C16H22F3N3O3/c17-16(18,19)11-5-20-3-1-12(11)22-4-2-10(7-22)6-21-8-13(23)15(25)14(24)9-21/h1,3,5,10,13-15,23-25H,2,4,6-9H2/t10-,13-,14+,15+/m0/s1. The number of hydrogen-bond acceptors (Lipinski definition) is 6. The highest BCUT2D eigenvalue weighted by molar-refractivity contribution is 5.54. The van der Waals surface area contributed by atoms with E-state index in [1.807, 2.05) is 4.90 Å². The number of pyridine rings is 1. The van der Waals surface area contributed by atoms with Gasteiger partial charge in [-0.15, -0.1) is 0 Å². The van der Waals surface area contributed by atoms with Gasteiger partial charge in [0.2, 0.25) is 0 Å². The zero-order valence-corrected chi connectivity index (χ0v) is 13.6. The van der Waals surface area contributed by atoms with E-state index in [2.05, 4.69) is 4.98 Å². The lowest BCUT2D eigenvalue weighted by Crippen LogP contribution is -2.56. The lowest BCUT2D eigenvalue weighted by molar-refractivity contribution is -0.137. The van der Waals surface area contributed by atoms with Crippen LogP contribution < -0.4 is 4.90 Å². The van der Waals surface area contributed by atoms with Crippen LogP contribution in [0.5, 0.6) is 0 Å². The van der Waals surface area contributed by atoms with Crippen LogP contribution in [0, 0.1) is 5.92 Å². The van der Waals surface area contributed by atoms with Crippen molar-refractivity contribution in [3.05, 3.63) is 24.0 Å². The molecule has 25 heavy (non-hydrogen) atoms. The molecule has 1 aromatic heterocycles. The summed E-state index contributed by atoms with van der Waals surface area (Å²) in [5.74, 6) is 0.129. The first kappa shape index (κ1) is 18.4. The molecule has 0 amide bonds. The topological polar surface area (TPSA) is 80.1 Å². The SMILES string of the molecule is O[C@H]1[C@H](O)CN(C[C@@H]2CCN(c3ccncc3C(F)(F)F)C2)C[C@@H]1O. The van der Waals surface area contributed by atoms with Crippen molar-refractivity contribution in [2.75, 3.05) is 37.6 Å². The molecule has 140 valence electrons. The Morgan fingerprint density at radius 3 is 2.44 bits per heavy atom. The first-order valence-electron chi connectivity index (χ1n) is 8.28. The second kappa shape index (κ2) is 7.06. The predicted octanol–water partition coefficient (Wildman–Crippen LogP) is 0.325. The molecule has 0 spiro atoms. The number of alkyl halides is 3. The van der Waals surface area contributed by atoms with Crippen molar-refractivity contribution in [2.45, 2.75) is 30.9 Å². The smallest absolute Gasteiger partial charge is 0.389 e. The molecule has 2 fully saturated rings. The minimum atomic E-state index is -4.45. The van der Waals surface area contributed by atoms with Crippen LogP contribution >= 0.6 is 0 Å². The first-order chi connectivity index (χ1) is 11.8. The van der Waals surface area contributed by atoms with Crippen molar-refractivity contribution in [3.63, 3.8) is 0 Å². The normalized spacial score (nSPS) is 31.5. The van der Waals surface area contributed by atoms with Gasteiger partial charge in [0.05, 0.1) is 23.5 Å². The van der Waals surface area contributed by atoms with Crippen LogP contribution in [0.2, 0.25) is 0 Å². The Kier molecular flexibility index (Phi) is 5.19. The van der Waals surface area contributed by atoms with Crippen LogP contribution in [0.3, 0.4) is 0 Å². The molecule has 6 nitrogen and oxygen atoms in total. The molecule has 0 unspecified atom stereocenters. The van der Waals surface area contributed by atoms with E-state index in [0.717, 1.165) is 12.6 Å². The van der Waals surface area contributed by atoms with Crippen LogP contribution in [-0.4, -0.2) is 76.2 Å². The molecule has 0 saturated carbocycles. The fraction of sp³-hybridized carbons (Fsp3) is 0.688. The van der Waals surface area contributed by atoms with Gasteiger partial charge in [0, 0.05) is 45.1 Å². The number of aliphatic hydroxyl groups excluding tert-OH is 3. The van der Waals surface area contributed by atoms with E-state index in [0.29, 0.717) is 19.6 Å². The molecule has 0 radical (unpaired) electrons. The number of aliphatic hydroxyl groups is 3. The van der Waals surface area contributed by atoms with E-state index in [1.165, 1.54) is 12.3 Å². The van der Waals surface area contributed by atoms with Crippen molar-refractivity contribution in [1.29, 1.82) is 0 Å². The van der Waals surface area contributed by atoms with E-state index in [1.54, 1.807) is 4.90 Å². The highest BCUT2D eigenvalue weighted by Gasteiger charge is 2.38. The van der Waals surface area contributed by atoms with Crippen LogP contribution in [0.4, 0.5) is 18.9 Å². The van der Waals surface area contributed by atoms with Gasteiger partial charge in [0.1, 0.15) is 6.10 Å². The quantitative estimate of drug-likeness (QED) is 0.720. The van der Waals surface area contributed by atoms with Crippen LogP contribution in [0.15, 0.2) is 18.5 Å². The van der Waals surface area contributed by atoms with Gasteiger partial charge in [-0.3, -0.25) is 9.88 Å². The molecule has 0 bridgehead atoms. The van der Waals surface area contributed by atoms with Gasteiger partial charge in [-0.05, 0) is 18.4 Å². The molecule has 2 saturated heterocycles. The fourth-order valence-electron chi connectivity index (χ4n) is 3.67. The van der Waals surface area contributed by atoms with Gasteiger partial charge < -0.3 is 20.2 Å². The van der Waals surface area contributed by atoms with Gasteiger partial charge >= 0.3 is 6.18 Å². The van der Waals surface area contributed by atoms with Crippen molar-refractivity contribution in [2.24, 2.45) is 5.92 Å². The maximum atomic E-state index is 13.1. The fourth-order valence-corrected chi connectivity index (χ4v) is 3.67. The molecule has 2 aliphatic heterocycles. The number of anilines is 1. The maximum Gasteiger partial charge on any atom is 0.419 e. The monoisotopic (exact) mass is 361 g/mol. The third-order valence-corrected chi connectivity index (χ3v) is 4.93. The third kappa shape index (κ3) is 4.05. The number of nitrogens with zero attached hydrogens (tertiary/aromatic N) is 3.